The number of nitrogens with one attached hydrogen (secondary N) is 2. The number of nitrogens with two attached hydrogens (primary N) is 2. The monoisotopic (exact) mass is 526 g/mol. The third-order valence-electron chi connectivity index (χ3n) is 7.01. The molecule has 10 nitrogen and oxygen atoms in total. The van der Waals surface area contributed by atoms with Crippen molar-refractivity contribution in [2.75, 3.05) is 38.6 Å². The van der Waals surface area contributed by atoms with Gasteiger partial charge in [-0.05, 0) is 62.9 Å². The molecule has 2 aliphatic heterocycles. The molecule has 0 saturated carbocycles. The van der Waals surface area contributed by atoms with E-state index in [-0.39, 0.29) is 29.1 Å². The minimum Gasteiger partial charge on any atom is -0.490 e. The van der Waals surface area contributed by atoms with E-state index in [9.17, 15) is 8.78 Å². The molecule has 0 spiro atoms. The van der Waals surface area contributed by atoms with Gasteiger partial charge in [0.05, 0.1) is 24.4 Å². The molecule has 2 aromatic heterocycles. The van der Waals surface area contributed by atoms with Crippen LogP contribution < -0.4 is 27.1 Å². The first kappa shape index (κ1) is 26.0. The van der Waals surface area contributed by atoms with Crippen LogP contribution in [0.25, 0.3) is 11.1 Å². The minimum atomic E-state index is -1.14. The Kier molecular flexibility index (Phi) is 8.11. The van der Waals surface area contributed by atoms with E-state index < -0.39 is 11.6 Å². The van der Waals surface area contributed by atoms with Crippen molar-refractivity contribution in [3.05, 3.63) is 54.0 Å². The first-order chi connectivity index (χ1) is 18.5. The summed E-state index contributed by atoms with van der Waals surface area (Å²) >= 11 is 0. The van der Waals surface area contributed by atoms with Crippen LogP contribution in [0, 0.1) is 17.6 Å². The fourth-order valence-corrected chi connectivity index (χ4v) is 4.77. The molecular weight excluding hydrogens is 494 g/mol. The van der Waals surface area contributed by atoms with Crippen LogP contribution in [0.1, 0.15) is 37.3 Å². The topological polar surface area (TPSA) is 138 Å². The fraction of sp³-hybridized carbons (Fsp3) is 0.423. The summed E-state index contributed by atoms with van der Waals surface area (Å²) < 4.78 is 42.5. The highest BCUT2D eigenvalue weighted by Crippen LogP contribution is 2.30. The first-order valence-corrected chi connectivity index (χ1v) is 12.8. The molecule has 4 heterocycles. The van der Waals surface area contributed by atoms with E-state index in [1.54, 1.807) is 18.5 Å². The summed E-state index contributed by atoms with van der Waals surface area (Å²) in [4.78, 5) is 8.47. The Morgan fingerprint density at radius 1 is 1.18 bits per heavy atom. The van der Waals surface area contributed by atoms with Crippen molar-refractivity contribution in [2.24, 2.45) is 16.8 Å². The highest BCUT2D eigenvalue weighted by Gasteiger charge is 2.20. The second-order valence-electron chi connectivity index (χ2n) is 9.52. The normalized spacial score (nSPS) is 18.6. The molecule has 2 fully saturated rings. The summed E-state index contributed by atoms with van der Waals surface area (Å²) in [5.41, 5.74) is 10.2. The number of nitrogen functional groups attached to an aromatic ring is 1. The number of aromatic nitrogens is 3. The van der Waals surface area contributed by atoms with Gasteiger partial charge in [0, 0.05) is 36.7 Å². The minimum absolute atomic E-state index is 0.0365. The third-order valence-corrected chi connectivity index (χ3v) is 7.01. The predicted octanol–water partition coefficient (Wildman–Crippen LogP) is 3.08. The maximum Gasteiger partial charge on any atom is 0.202 e. The van der Waals surface area contributed by atoms with Crippen LogP contribution in [0.4, 0.5) is 20.3 Å². The van der Waals surface area contributed by atoms with Gasteiger partial charge in [0.15, 0.2) is 17.4 Å². The largest absolute Gasteiger partial charge is 0.490 e. The predicted molar refractivity (Wildman–Crippen MR) is 140 cm³/mol. The van der Waals surface area contributed by atoms with Crippen LogP contribution in [0.2, 0.25) is 0 Å². The summed E-state index contributed by atoms with van der Waals surface area (Å²) in [6.45, 7) is 3.61. The van der Waals surface area contributed by atoms with Gasteiger partial charge in [0.2, 0.25) is 5.82 Å². The van der Waals surface area contributed by atoms with Crippen LogP contribution in [0.3, 0.4) is 0 Å². The Bertz CT molecular complexity index is 1290. The lowest BCUT2D eigenvalue weighted by atomic mass is 10.1. The number of ether oxygens (including phenoxy) is 2. The average Bonchev–Trinajstić information content (AvgIpc) is 3.65. The molecule has 2 saturated heterocycles. The zero-order valence-electron chi connectivity index (χ0n) is 21.0. The summed E-state index contributed by atoms with van der Waals surface area (Å²) in [5, 5.41) is 7.77. The number of hydrogen-bond donors (Lipinski definition) is 4. The number of benzene rings is 1. The highest BCUT2D eigenvalue weighted by molar-refractivity contribution is 6.04. The SMILES string of the molecule is NNC(=Nc1ccc(OCCC2CCNC2)c(F)c1F)c1cc(-c2cnn(C3CCOCC3)c2)cnc1N. The van der Waals surface area contributed by atoms with Gasteiger partial charge in [-0.2, -0.15) is 9.49 Å². The van der Waals surface area contributed by atoms with Crippen molar-refractivity contribution in [2.45, 2.75) is 31.7 Å². The number of amidine groups is 1. The molecule has 1 unspecified atom stereocenters. The third kappa shape index (κ3) is 5.77. The van der Waals surface area contributed by atoms with Crippen molar-refractivity contribution in [1.29, 1.82) is 0 Å². The van der Waals surface area contributed by atoms with E-state index in [1.165, 1.54) is 12.1 Å². The molecule has 1 atom stereocenters. The van der Waals surface area contributed by atoms with Crippen molar-refractivity contribution in [3.8, 4) is 16.9 Å². The zero-order chi connectivity index (χ0) is 26.5. The van der Waals surface area contributed by atoms with Crippen LogP contribution in [0.15, 0.2) is 41.8 Å². The Balaban J connectivity index is 1.35. The second-order valence-corrected chi connectivity index (χ2v) is 9.52. The highest BCUT2D eigenvalue weighted by atomic mass is 19.2. The van der Waals surface area contributed by atoms with Crippen LogP contribution in [-0.4, -0.2) is 53.5 Å². The molecule has 1 aromatic carbocycles. The Labute approximate surface area is 219 Å². The standard InChI is InChI=1S/C26H32F2N8O2/c27-23-21(1-2-22(24(23)28)38-10-4-16-3-7-31-12-16)34-26(35-30)20-11-17(13-32-25(20)29)18-14-33-36(15-18)19-5-8-37-9-6-19/h1-2,11,13-16,19,31H,3-10,12,30H2,(H2,29,32)(H,34,35). The van der Waals surface area contributed by atoms with Gasteiger partial charge in [-0.15, -0.1) is 0 Å². The molecule has 6 N–H and O–H groups in total. The number of hydrazine groups is 1. The Morgan fingerprint density at radius 2 is 2.03 bits per heavy atom. The first-order valence-electron chi connectivity index (χ1n) is 12.8. The second kappa shape index (κ2) is 11.8. The van der Waals surface area contributed by atoms with Gasteiger partial charge in [0.25, 0.3) is 0 Å². The van der Waals surface area contributed by atoms with E-state index in [0.717, 1.165) is 49.9 Å². The number of halogens is 2. The lowest BCUT2D eigenvalue weighted by molar-refractivity contribution is 0.0662. The number of aliphatic imine (C=N–C) groups is 1. The molecule has 202 valence electrons. The zero-order valence-corrected chi connectivity index (χ0v) is 21.0. The van der Waals surface area contributed by atoms with E-state index >= 15 is 0 Å². The smallest absolute Gasteiger partial charge is 0.202 e. The van der Waals surface area contributed by atoms with Gasteiger partial charge >= 0.3 is 0 Å². The molecular formula is C26H32F2N8O2. The number of anilines is 1. The van der Waals surface area contributed by atoms with E-state index in [1.807, 2.05) is 10.9 Å². The summed E-state index contributed by atoms with van der Waals surface area (Å²) in [7, 11) is 0. The van der Waals surface area contributed by atoms with E-state index in [0.29, 0.717) is 31.3 Å². The number of rotatable bonds is 8. The lowest BCUT2D eigenvalue weighted by Gasteiger charge is -2.22. The molecule has 0 amide bonds. The quantitative estimate of drug-likeness (QED) is 0.152. The molecule has 0 radical (unpaired) electrons. The number of nitrogens with zero attached hydrogens (tertiary/aromatic N) is 4. The van der Waals surface area contributed by atoms with E-state index in [4.69, 9.17) is 21.1 Å². The number of pyridine rings is 1. The molecule has 3 aromatic rings. The molecule has 5 rings (SSSR count). The van der Waals surface area contributed by atoms with Gasteiger partial charge in [-0.3, -0.25) is 4.68 Å². The van der Waals surface area contributed by atoms with Gasteiger partial charge in [-0.1, -0.05) is 0 Å². The van der Waals surface area contributed by atoms with E-state index in [2.05, 4.69) is 25.8 Å². The van der Waals surface area contributed by atoms with Crippen molar-refractivity contribution in [3.63, 3.8) is 0 Å². The van der Waals surface area contributed by atoms with Gasteiger partial charge < -0.3 is 25.9 Å². The maximum atomic E-state index is 14.9. The van der Waals surface area contributed by atoms with Gasteiger partial charge in [0.1, 0.15) is 11.5 Å². The Hall–Kier alpha value is -3.61. The molecule has 0 aliphatic carbocycles. The lowest BCUT2D eigenvalue weighted by Crippen LogP contribution is -2.31. The average molecular weight is 527 g/mol. The molecule has 38 heavy (non-hydrogen) atoms. The summed E-state index contributed by atoms with van der Waals surface area (Å²) in [5.74, 6) is 3.97. The fourth-order valence-electron chi connectivity index (χ4n) is 4.77. The molecule has 0 bridgehead atoms. The number of hydrogen-bond acceptors (Lipinski definition) is 8. The van der Waals surface area contributed by atoms with Gasteiger partial charge in [-0.25, -0.2) is 20.2 Å². The van der Waals surface area contributed by atoms with Crippen LogP contribution in [-0.2, 0) is 4.74 Å². The van der Waals surface area contributed by atoms with Crippen LogP contribution in [0.5, 0.6) is 5.75 Å². The van der Waals surface area contributed by atoms with Crippen molar-refractivity contribution in [1.82, 2.24) is 25.5 Å². The van der Waals surface area contributed by atoms with Crippen molar-refractivity contribution < 1.29 is 18.3 Å². The molecule has 2 aliphatic rings. The maximum absolute atomic E-state index is 14.9. The summed E-state index contributed by atoms with van der Waals surface area (Å²) in [6.07, 6.45) is 8.92. The Morgan fingerprint density at radius 3 is 2.79 bits per heavy atom. The molecule has 12 heteroatoms. The summed E-state index contributed by atoms with van der Waals surface area (Å²) in [6, 6.07) is 4.70. The van der Waals surface area contributed by atoms with Crippen LogP contribution >= 0.6 is 0 Å². The van der Waals surface area contributed by atoms with Crippen molar-refractivity contribution >= 4 is 17.3 Å².